The predicted molar refractivity (Wildman–Crippen MR) is 98.7 cm³/mol. The maximum absolute atomic E-state index is 13.8. The number of nitrogens with one attached hydrogen (secondary N) is 2. The molecule has 0 fully saturated rings. The maximum Gasteiger partial charge on any atom is 0.258 e. The van der Waals surface area contributed by atoms with Gasteiger partial charge in [0.05, 0.1) is 16.7 Å². The molecule has 2 aromatic rings. The van der Waals surface area contributed by atoms with Crippen molar-refractivity contribution in [2.75, 3.05) is 5.32 Å². The van der Waals surface area contributed by atoms with Crippen LogP contribution in [0.3, 0.4) is 0 Å². The minimum atomic E-state index is -1.25. The van der Waals surface area contributed by atoms with Gasteiger partial charge >= 0.3 is 0 Å². The second kappa shape index (κ2) is 7.11. The highest BCUT2D eigenvalue weighted by atomic mass is 32.1. The highest BCUT2D eigenvalue weighted by Crippen LogP contribution is 2.33. The van der Waals surface area contributed by atoms with E-state index in [0.29, 0.717) is 11.3 Å². The Kier molecular flexibility index (Phi) is 5.01. The molecule has 27 heavy (non-hydrogen) atoms. The molecule has 0 bridgehead atoms. The summed E-state index contributed by atoms with van der Waals surface area (Å²) in [5, 5.41) is 8.71. The Bertz CT molecular complexity index is 923. The highest BCUT2D eigenvalue weighted by Gasteiger charge is 2.43. The first kappa shape index (κ1) is 19.0. The van der Waals surface area contributed by atoms with Crippen LogP contribution in [0.5, 0.6) is 0 Å². The van der Waals surface area contributed by atoms with Gasteiger partial charge in [-0.05, 0) is 49.7 Å². The second-order valence-corrected chi connectivity index (χ2v) is 7.49. The van der Waals surface area contributed by atoms with Crippen LogP contribution in [0.2, 0.25) is 0 Å². The van der Waals surface area contributed by atoms with E-state index in [-0.39, 0.29) is 11.6 Å². The normalized spacial score (nSPS) is 17.4. The van der Waals surface area contributed by atoms with Gasteiger partial charge in [0.25, 0.3) is 5.91 Å². The van der Waals surface area contributed by atoms with Gasteiger partial charge in [-0.15, -0.1) is 0 Å². The van der Waals surface area contributed by atoms with Crippen molar-refractivity contribution >= 4 is 34.4 Å². The van der Waals surface area contributed by atoms with Gasteiger partial charge in [0, 0.05) is 11.6 Å². The average molecular weight is 392 g/mol. The number of allylic oxidation sites excluding steroid dienone is 1. The van der Waals surface area contributed by atoms with E-state index >= 15 is 0 Å². The van der Waals surface area contributed by atoms with E-state index in [1.54, 1.807) is 26.8 Å². The van der Waals surface area contributed by atoms with Crippen LogP contribution in [0.25, 0.3) is 5.57 Å². The molecular formula is C19H18F2N2O3S. The number of amides is 2. The van der Waals surface area contributed by atoms with Gasteiger partial charge in [-0.2, -0.15) is 11.3 Å². The Balaban J connectivity index is 1.82. The van der Waals surface area contributed by atoms with E-state index in [1.165, 1.54) is 11.3 Å². The summed E-state index contributed by atoms with van der Waals surface area (Å²) in [7, 11) is 0. The minimum absolute atomic E-state index is 0.276. The first-order valence-electron chi connectivity index (χ1n) is 8.17. The third kappa shape index (κ3) is 3.71. The quantitative estimate of drug-likeness (QED) is 0.829. The fourth-order valence-corrected chi connectivity index (χ4v) is 3.33. The molecule has 0 spiro atoms. The lowest BCUT2D eigenvalue weighted by Gasteiger charge is -2.37. The molecule has 2 N–H and O–H groups in total. The smallest absolute Gasteiger partial charge is 0.258 e. The Morgan fingerprint density at radius 1 is 1.30 bits per heavy atom. The number of hydrogen-bond donors (Lipinski definition) is 2. The highest BCUT2D eigenvalue weighted by molar-refractivity contribution is 7.08. The first-order chi connectivity index (χ1) is 12.7. The van der Waals surface area contributed by atoms with E-state index in [9.17, 15) is 18.4 Å². The van der Waals surface area contributed by atoms with Gasteiger partial charge in [-0.1, -0.05) is 0 Å². The third-order valence-electron chi connectivity index (χ3n) is 4.36. The summed E-state index contributed by atoms with van der Waals surface area (Å²) in [4.78, 5) is 25.2. The van der Waals surface area contributed by atoms with Crippen LogP contribution in [0.4, 0.5) is 14.5 Å². The fraction of sp³-hybridized carbons (Fsp3) is 0.263. The molecule has 1 aromatic heterocycles. The zero-order chi connectivity index (χ0) is 19.8. The summed E-state index contributed by atoms with van der Waals surface area (Å²) in [5.74, 6) is -2.03. The second-order valence-electron chi connectivity index (χ2n) is 6.71. The van der Waals surface area contributed by atoms with Gasteiger partial charge in [0.2, 0.25) is 5.91 Å². The Morgan fingerprint density at radius 3 is 2.67 bits per heavy atom. The van der Waals surface area contributed by atoms with Crippen molar-refractivity contribution in [3.05, 3.63) is 58.0 Å². The Labute approximate surface area is 159 Å². The molecule has 0 radical (unpaired) electrons. The topological polar surface area (TPSA) is 67.4 Å². The number of carbonyl (C=O) groups excluding carboxylic acids is 2. The number of ether oxygens (including phenoxy) is 1. The number of rotatable bonds is 4. The predicted octanol–water partition coefficient (Wildman–Crippen LogP) is 3.89. The molecule has 1 aromatic carbocycles. The first-order valence-corrected chi connectivity index (χ1v) is 9.12. The fourth-order valence-electron chi connectivity index (χ4n) is 2.68. The van der Waals surface area contributed by atoms with Crippen LogP contribution < -0.4 is 10.6 Å². The van der Waals surface area contributed by atoms with Crippen molar-refractivity contribution in [2.24, 2.45) is 5.41 Å². The van der Waals surface area contributed by atoms with Crippen LogP contribution in [-0.4, -0.2) is 18.0 Å². The zero-order valence-electron chi connectivity index (χ0n) is 14.9. The van der Waals surface area contributed by atoms with Gasteiger partial charge in [-0.25, -0.2) is 8.78 Å². The Morgan fingerprint density at radius 2 is 2.04 bits per heavy atom. The third-order valence-corrected chi connectivity index (χ3v) is 5.05. The molecule has 142 valence electrons. The van der Waals surface area contributed by atoms with Gasteiger partial charge in [-0.3, -0.25) is 9.59 Å². The standard InChI is InChI=1S/C19H18F2N2O3S/c1-10-15(11-6-7-27-9-11)16(24)23-18(26-10)19(2,3)17(25)22-14-8-12(20)4-5-13(14)21/h4-9,18H,1-3H3,(H,22,25)(H,23,24). The van der Waals surface area contributed by atoms with E-state index in [2.05, 4.69) is 10.6 Å². The Hall–Kier alpha value is -2.74. The van der Waals surface area contributed by atoms with Crippen LogP contribution in [0.1, 0.15) is 26.3 Å². The molecule has 0 saturated carbocycles. The molecule has 1 unspecified atom stereocenters. The molecule has 1 atom stereocenters. The van der Waals surface area contributed by atoms with E-state index < -0.39 is 29.2 Å². The lowest BCUT2D eigenvalue weighted by atomic mass is 9.88. The summed E-state index contributed by atoms with van der Waals surface area (Å²) >= 11 is 1.45. The van der Waals surface area contributed by atoms with Gasteiger partial charge < -0.3 is 15.4 Å². The van der Waals surface area contributed by atoms with Crippen LogP contribution >= 0.6 is 11.3 Å². The summed E-state index contributed by atoms with van der Waals surface area (Å²) in [6, 6.07) is 4.58. The largest absolute Gasteiger partial charge is 0.473 e. The number of thiophene rings is 1. The maximum atomic E-state index is 13.8. The van der Waals surface area contributed by atoms with Crippen molar-refractivity contribution in [2.45, 2.75) is 27.0 Å². The molecule has 1 aliphatic rings. The van der Waals surface area contributed by atoms with Crippen LogP contribution in [-0.2, 0) is 14.3 Å². The molecule has 0 saturated heterocycles. The SMILES string of the molecule is CC1=C(c2ccsc2)C(=O)NC(C(C)(C)C(=O)Nc2cc(F)ccc2F)O1. The lowest BCUT2D eigenvalue weighted by Crippen LogP contribution is -2.54. The average Bonchev–Trinajstić information content (AvgIpc) is 3.11. The summed E-state index contributed by atoms with van der Waals surface area (Å²) in [6.07, 6.45) is -0.969. The summed E-state index contributed by atoms with van der Waals surface area (Å²) in [6.45, 7) is 4.75. The van der Waals surface area contributed by atoms with Crippen molar-refractivity contribution in [1.82, 2.24) is 5.32 Å². The summed E-state index contributed by atoms with van der Waals surface area (Å²) in [5.41, 5.74) is -0.394. The van der Waals surface area contributed by atoms with E-state index in [4.69, 9.17) is 4.74 Å². The summed E-state index contributed by atoms with van der Waals surface area (Å²) < 4.78 is 32.9. The lowest BCUT2D eigenvalue weighted by molar-refractivity contribution is -0.137. The van der Waals surface area contributed by atoms with Gasteiger partial charge in [0.1, 0.15) is 17.4 Å². The molecule has 1 aliphatic heterocycles. The van der Waals surface area contributed by atoms with Crippen molar-refractivity contribution in [3.8, 4) is 0 Å². The van der Waals surface area contributed by atoms with Crippen LogP contribution in [0.15, 0.2) is 40.8 Å². The number of carbonyl (C=O) groups is 2. The number of anilines is 1. The molecule has 0 aliphatic carbocycles. The van der Waals surface area contributed by atoms with Gasteiger partial charge in [0.15, 0.2) is 6.23 Å². The molecule has 8 heteroatoms. The molecular weight excluding hydrogens is 374 g/mol. The monoisotopic (exact) mass is 392 g/mol. The number of benzene rings is 1. The number of hydrogen-bond acceptors (Lipinski definition) is 4. The molecule has 2 heterocycles. The van der Waals surface area contributed by atoms with E-state index in [0.717, 1.165) is 23.8 Å². The molecule has 3 rings (SSSR count). The molecule has 2 amide bonds. The zero-order valence-corrected chi connectivity index (χ0v) is 15.7. The van der Waals surface area contributed by atoms with Crippen LogP contribution in [0, 0.1) is 17.0 Å². The minimum Gasteiger partial charge on any atom is -0.473 e. The van der Waals surface area contributed by atoms with E-state index in [1.807, 2.05) is 10.8 Å². The van der Waals surface area contributed by atoms with Crippen molar-refractivity contribution in [1.29, 1.82) is 0 Å². The number of halogens is 2. The van der Waals surface area contributed by atoms with Crippen molar-refractivity contribution < 1.29 is 23.1 Å². The molecule has 5 nitrogen and oxygen atoms in total. The van der Waals surface area contributed by atoms with Crippen molar-refractivity contribution in [3.63, 3.8) is 0 Å².